The predicted octanol–water partition coefficient (Wildman–Crippen LogP) is -0.562. The Balaban J connectivity index is 2.51. The van der Waals surface area contributed by atoms with Crippen molar-refractivity contribution in [2.45, 2.75) is 13.0 Å². The largest absolute Gasteiger partial charge is 0.379 e. The van der Waals surface area contributed by atoms with Crippen LogP contribution in [0.25, 0.3) is 0 Å². The quantitative estimate of drug-likeness (QED) is 0.607. The van der Waals surface area contributed by atoms with E-state index in [4.69, 9.17) is 10.5 Å². The Hall–Kier alpha value is -0.610. The van der Waals surface area contributed by atoms with Gasteiger partial charge in [0.15, 0.2) is 0 Å². The summed E-state index contributed by atoms with van der Waals surface area (Å²) in [6.45, 7) is 3.55. The molecule has 1 aliphatic heterocycles. The summed E-state index contributed by atoms with van der Waals surface area (Å²) in [6.07, 6.45) is 0. The minimum absolute atomic E-state index is 0.0163. The highest BCUT2D eigenvalue weighted by molar-refractivity contribution is 5.78. The first-order chi connectivity index (χ1) is 5.66. The lowest BCUT2D eigenvalue weighted by Crippen LogP contribution is -2.43. The third-order valence-electron chi connectivity index (χ3n) is 2.39. The highest BCUT2D eigenvalue weighted by Crippen LogP contribution is 2.17. The molecule has 1 heterocycles. The zero-order valence-electron chi connectivity index (χ0n) is 7.62. The van der Waals surface area contributed by atoms with Crippen LogP contribution in [-0.2, 0) is 9.53 Å². The van der Waals surface area contributed by atoms with Gasteiger partial charge in [-0.3, -0.25) is 4.79 Å². The molecular formula is C8H16N2O2. The smallest absolute Gasteiger partial charge is 0.236 e. The van der Waals surface area contributed by atoms with E-state index in [9.17, 15) is 4.79 Å². The molecule has 4 heteroatoms. The second kappa shape index (κ2) is 3.87. The number of hydrogen-bond donors (Lipinski definition) is 1. The molecule has 2 unspecified atom stereocenters. The predicted molar refractivity (Wildman–Crippen MR) is 45.6 cm³/mol. The van der Waals surface area contributed by atoms with Crippen molar-refractivity contribution in [2.24, 2.45) is 11.7 Å². The zero-order valence-corrected chi connectivity index (χ0v) is 7.62. The van der Waals surface area contributed by atoms with Gasteiger partial charge in [-0.1, -0.05) is 6.92 Å². The van der Waals surface area contributed by atoms with Gasteiger partial charge in [-0.15, -0.1) is 0 Å². The van der Waals surface area contributed by atoms with E-state index in [1.54, 1.807) is 11.9 Å². The van der Waals surface area contributed by atoms with Gasteiger partial charge in [-0.25, -0.2) is 0 Å². The van der Waals surface area contributed by atoms with E-state index in [1.807, 2.05) is 0 Å². The van der Waals surface area contributed by atoms with Crippen molar-refractivity contribution >= 4 is 5.91 Å². The number of hydrogen-bond acceptors (Lipinski definition) is 3. The second-order valence-corrected chi connectivity index (χ2v) is 3.29. The third-order valence-corrected chi connectivity index (χ3v) is 2.39. The third kappa shape index (κ3) is 1.76. The lowest BCUT2D eigenvalue weighted by atomic mass is 10.1. The van der Waals surface area contributed by atoms with Gasteiger partial charge in [-0.05, 0) is 0 Å². The Morgan fingerprint density at radius 2 is 2.33 bits per heavy atom. The van der Waals surface area contributed by atoms with E-state index in [1.165, 1.54) is 0 Å². The fraction of sp³-hybridized carbons (Fsp3) is 0.875. The first-order valence-electron chi connectivity index (χ1n) is 4.20. The Bertz CT molecular complexity index is 172. The van der Waals surface area contributed by atoms with Crippen LogP contribution in [0.5, 0.6) is 0 Å². The van der Waals surface area contributed by atoms with E-state index in [2.05, 4.69) is 6.92 Å². The van der Waals surface area contributed by atoms with Crippen molar-refractivity contribution in [1.82, 2.24) is 4.90 Å². The SMILES string of the molecule is CC1COCC1N(C)C(=O)CN. The monoisotopic (exact) mass is 172 g/mol. The van der Waals surface area contributed by atoms with Crippen LogP contribution in [0.3, 0.4) is 0 Å². The highest BCUT2D eigenvalue weighted by Gasteiger charge is 2.29. The Morgan fingerprint density at radius 1 is 1.67 bits per heavy atom. The van der Waals surface area contributed by atoms with Crippen molar-refractivity contribution in [3.8, 4) is 0 Å². The summed E-state index contributed by atoms with van der Waals surface area (Å²) in [5.74, 6) is 0.405. The molecular weight excluding hydrogens is 156 g/mol. The van der Waals surface area contributed by atoms with Gasteiger partial charge < -0.3 is 15.4 Å². The molecule has 1 amide bonds. The summed E-state index contributed by atoms with van der Waals surface area (Å²) in [6, 6.07) is 0.209. The number of amides is 1. The Morgan fingerprint density at radius 3 is 2.75 bits per heavy atom. The number of likely N-dealkylation sites (N-methyl/N-ethyl adjacent to an activating group) is 1. The van der Waals surface area contributed by atoms with Crippen LogP contribution in [0.1, 0.15) is 6.92 Å². The van der Waals surface area contributed by atoms with Gasteiger partial charge in [0, 0.05) is 13.0 Å². The van der Waals surface area contributed by atoms with E-state index in [0.717, 1.165) is 6.61 Å². The van der Waals surface area contributed by atoms with Crippen molar-refractivity contribution in [2.75, 3.05) is 26.8 Å². The molecule has 0 aliphatic carbocycles. The molecule has 0 aromatic carbocycles. The lowest BCUT2D eigenvalue weighted by molar-refractivity contribution is -0.130. The van der Waals surface area contributed by atoms with Gasteiger partial charge in [0.2, 0.25) is 5.91 Å². The molecule has 1 saturated heterocycles. The van der Waals surface area contributed by atoms with Crippen molar-refractivity contribution in [3.63, 3.8) is 0 Å². The summed E-state index contributed by atoms with van der Waals surface area (Å²) in [5.41, 5.74) is 5.25. The van der Waals surface area contributed by atoms with Gasteiger partial charge >= 0.3 is 0 Å². The van der Waals surface area contributed by atoms with Gasteiger partial charge in [0.05, 0.1) is 25.8 Å². The zero-order chi connectivity index (χ0) is 9.14. The number of rotatable bonds is 2. The molecule has 12 heavy (non-hydrogen) atoms. The van der Waals surface area contributed by atoms with Crippen molar-refractivity contribution in [1.29, 1.82) is 0 Å². The average Bonchev–Trinajstić information content (AvgIpc) is 2.48. The Labute approximate surface area is 72.7 Å². The van der Waals surface area contributed by atoms with Crippen LogP contribution >= 0.6 is 0 Å². The highest BCUT2D eigenvalue weighted by atomic mass is 16.5. The summed E-state index contributed by atoms with van der Waals surface area (Å²) >= 11 is 0. The molecule has 0 aromatic rings. The van der Waals surface area contributed by atoms with Gasteiger partial charge in [-0.2, -0.15) is 0 Å². The van der Waals surface area contributed by atoms with E-state index < -0.39 is 0 Å². The van der Waals surface area contributed by atoms with E-state index in [0.29, 0.717) is 12.5 Å². The number of carbonyl (C=O) groups excluding carboxylic acids is 1. The second-order valence-electron chi connectivity index (χ2n) is 3.29. The summed E-state index contributed by atoms with van der Waals surface area (Å²) in [5, 5.41) is 0. The van der Waals surface area contributed by atoms with E-state index >= 15 is 0 Å². The van der Waals surface area contributed by atoms with Crippen LogP contribution in [-0.4, -0.2) is 43.7 Å². The minimum atomic E-state index is -0.0163. The molecule has 1 fully saturated rings. The molecule has 0 saturated carbocycles. The minimum Gasteiger partial charge on any atom is -0.379 e. The molecule has 0 radical (unpaired) electrons. The van der Waals surface area contributed by atoms with E-state index in [-0.39, 0.29) is 18.5 Å². The molecule has 0 spiro atoms. The number of nitrogens with two attached hydrogens (primary N) is 1. The lowest BCUT2D eigenvalue weighted by Gasteiger charge is -2.25. The summed E-state index contributed by atoms with van der Waals surface area (Å²) in [4.78, 5) is 12.9. The maximum atomic E-state index is 11.2. The maximum absolute atomic E-state index is 11.2. The molecule has 0 bridgehead atoms. The van der Waals surface area contributed by atoms with Crippen LogP contribution in [0.2, 0.25) is 0 Å². The Kier molecular flexibility index (Phi) is 3.05. The molecule has 70 valence electrons. The first-order valence-corrected chi connectivity index (χ1v) is 4.20. The van der Waals surface area contributed by atoms with Gasteiger partial charge in [0.1, 0.15) is 0 Å². The summed E-state index contributed by atoms with van der Waals surface area (Å²) < 4.78 is 5.25. The fourth-order valence-electron chi connectivity index (χ4n) is 1.47. The molecule has 1 rings (SSSR count). The van der Waals surface area contributed by atoms with Crippen molar-refractivity contribution in [3.05, 3.63) is 0 Å². The first kappa shape index (κ1) is 9.48. The fourth-order valence-corrected chi connectivity index (χ4v) is 1.47. The average molecular weight is 172 g/mol. The summed E-state index contributed by atoms with van der Waals surface area (Å²) in [7, 11) is 1.78. The topological polar surface area (TPSA) is 55.6 Å². The van der Waals surface area contributed by atoms with Crippen LogP contribution < -0.4 is 5.73 Å². The van der Waals surface area contributed by atoms with Crippen molar-refractivity contribution < 1.29 is 9.53 Å². The number of nitrogens with zero attached hydrogens (tertiary/aromatic N) is 1. The van der Waals surface area contributed by atoms with Crippen LogP contribution in [0, 0.1) is 5.92 Å². The molecule has 2 N–H and O–H groups in total. The standard InChI is InChI=1S/C8H16N2O2/c1-6-4-12-5-7(6)10(2)8(11)3-9/h6-7H,3-5,9H2,1-2H3. The molecule has 1 aliphatic rings. The maximum Gasteiger partial charge on any atom is 0.236 e. The normalized spacial score (nSPS) is 28.9. The molecule has 4 nitrogen and oxygen atoms in total. The molecule has 0 aromatic heterocycles. The molecule has 2 atom stereocenters. The number of ether oxygens (including phenoxy) is 1. The van der Waals surface area contributed by atoms with Crippen LogP contribution in [0.15, 0.2) is 0 Å². The van der Waals surface area contributed by atoms with Crippen LogP contribution in [0.4, 0.5) is 0 Å². The van der Waals surface area contributed by atoms with Gasteiger partial charge in [0.25, 0.3) is 0 Å². The number of carbonyl (C=O) groups is 1.